The summed E-state index contributed by atoms with van der Waals surface area (Å²) in [4.78, 5) is 0. The zero-order chi connectivity index (χ0) is 15.9. The molecule has 0 atom stereocenters. The molecule has 8 heteroatoms. The van der Waals surface area contributed by atoms with Crippen LogP contribution in [-0.2, 0) is 10.0 Å². The topological polar surface area (TPSA) is 58.2 Å². The van der Waals surface area contributed by atoms with Gasteiger partial charge in [-0.3, -0.25) is 4.72 Å². The van der Waals surface area contributed by atoms with Crippen molar-refractivity contribution in [3.63, 3.8) is 0 Å². The molecular weight excluding hydrogens is 366 g/mol. The van der Waals surface area contributed by atoms with E-state index in [0.717, 1.165) is 31.6 Å². The molecule has 0 saturated heterocycles. The standard InChI is InChI=1S/C13H19BrF2N2O2S/c1-2-5-17-6-3-4-7-21(19,20)18-13-9-11(15)10(14)8-12(13)16/h8-9,17-18H,2-7H2,1H3. The van der Waals surface area contributed by atoms with Crippen LogP contribution in [0.1, 0.15) is 26.2 Å². The molecule has 0 spiro atoms. The molecule has 0 unspecified atom stereocenters. The van der Waals surface area contributed by atoms with E-state index in [1.807, 2.05) is 6.92 Å². The van der Waals surface area contributed by atoms with Crippen LogP contribution in [0.5, 0.6) is 0 Å². The number of halogens is 3. The Kier molecular flexibility index (Phi) is 7.55. The van der Waals surface area contributed by atoms with Gasteiger partial charge in [0.15, 0.2) is 0 Å². The van der Waals surface area contributed by atoms with E-state index in [1.165, 1.54) is 0 Å². The minimum Gasteiger partial charge on any atom is -0.317 e. The van der Waals surface area contributed by atoms with Crippen LogP contribution >= 0.6 is 15.9 Å². The van der Waals surface area contributed by atoms with E-state index >= 15 is 0 Å². The third kappa shape index (κ3) is 6.71. The van der Waals surface area contributed by atoms with Crippen molar-refractivity contribution in [1.82, 2.24) is 5.32 Å². The second-order valence-electron chi connectivity index (χ2n) is 4.62. The fourth-order valence-corrected chi connectivity index (χ4v) is 3.16. The second kappa shape index (κ2) is 8.65. The molecule has 120 valence electrons. The fourth-order valence-electron chi connectivity index (χ4n) is 1.66. The van der Waals surface area contributed by atoms with Gasteiger partial charge in [-0.15, -0.1) is 0 Å². The van der Waals surface area contributed by atoms with Gasteiger partial charge in [-0.1, -0.05) is 6.92 Å². The Labute approximate surface area is 132 Å². The predicted octanol–water partition coefficient (Wildman–Crippen LogP) is 3.25. The molecule has 0 aliphatic carbocycles. The fraction of sp³-hybridized carbons (Fsp3) is 0.538. The van der Waals surface area contributed by atoms with Crippen LogP contribution in [0, 0.1) is 11.6 Å². The van der Waals surface area contributed by atoms with Crippen molar-refractivity contribution in [3.8, 4) is 0 Å². The van der Waals surface area contributed by atoms with Crippen LogP contribution in [0.25, 0.3) is 0 Å². The molecule has 4 nitrogen and oxygen atoms in total. The molecule has 1 aromatic carbocycles. The van der Waals surface area contributed by atoms with E-state index in [-0.39, 0.29) is 15.9 Å². The number of sulfonamides is 1. The summed E-state index contributed by atoms with van der Waals surface area (Å²) in [5, 5.41) is 3.16. The number of benzene rings is 1. The summed E-state index contributed by atoms with van der Waals surface area (Å²) in [5.74, 6) is -1.67. The first-order valence-corrected chi connectivity index (χ1v) is 9.16. The van der Waals surface area contributed by atoms with E-state index in [9.17, 15) is 17.2 Å². The number of unbranched alkanes of at least 4 members (excludes halogenated alkanes) is 1. The van der Waals surface area contributed by atoms with Gasteiger partial charge in [-0.2, -0.15) is 0 Å². The Bertz CT molecular complexity index is 568. The number of rotatable bonds is 9. The van der Waals surface area contributed by atoms with Gasteiger partial charge in [-0.25, -0.2) is 17.2 Å². The highest BCUT2D eigenvalue weighted by atomic mass is 79.9. The molecule has 1 rings (SSSR count). The molecule has 0 aliphatic heterocycles. The highest BCUT2D eigenvalue weighted by Crippen LogP contribution is 2.24. The Morgan fingerprint density at radius 3 is 2.52 bits per heavy atom. The van der Waals surface area contributed by atoms with Crippen LogP contribution < -0.4 is 10.0 Å². The molecule has 21 heavy (non-hydrogen) atoms. The van der Waals surface area contributed by atoms with Gasteiger partial charge in [0.1, 0.15) is 11.6 Å². The molecule has 2 N–H and O–H groups in total. The summed E-state index contributed by atoms with van der Waals surface area (Å²) in [5.41, 5.74) is -0.375. The van der Waals surface area contributed by atoms with Crippen LogP contribution in [-0.4, -0.2) is 27.3 Å². The third-order valence-electron chi connectivity index (χ3n) is 2.72. The maximum absolute atomic E-state index is 13.6. The second-order valence-corrected chi connectivity index (χ2v) is 7.32. The van der Waals surface area contributed by atoms with E-state index < -0.39 is 21.7 Å². The highest BCUT2D eigenvalue weighted by Gasteiger charge is 2.15. The van der Waals surface area contributed by atoms with Crippen molar-refractivity contribution in [2.45, 2.75) is 26.2 Å². The SMILES string of the molecule is CCCNCCCCS(=O)(=O)Nc1cc(F)c(Br)cc1F. The lowest BCUT2D eigenvalue weighted by molar-refractivity contribution is 0.586. The van der Waals surface area contributed by atoms with E-state index in [4.69, 9.17) is 0 Å². The quantitative estimate of drug-likeness (QED) is 0.507. The Morgan fingerprint density at radius 1 is 1.14 bits per heavy atom. The van der Waals surface area contributed by atoms with E-state index in [2.05, 4.69) is 26.0 Å². The van der Waals surface area contributed by atoms with Gasteiger partial charge in [0.05, 0.1) is 15.9 Å². The van der Waals surface area contributed by atoms with Crippen molar-refractivity contribution >= 4 is 31.6 Å². The minimum absolute atomic E-state index is 0.0510. The molecule has 0 amide bonds. The predicted molar refractivity (Wildman–Crippen MR) is 83.9 cm³/mol. The zero-order valence-corrected chi connectivity index (χ0v) is 14.2. The Morgan fingerprint density at radius 2 is 1.86 bits per heavy atom. The number of anilines is 1. The maximum Gasteiger partial charge on any atom is 0.232 e. The lowest BCUT2D eigenvalue weighted by Crippen LogP contribution is -2.20. The van der Waals surface area contributed by atoms with Crippen LogP contribution in [0.2, 0.25) is 0 Å². The maximum atomic E-state index is 13.6. The summed E-state index contributed by atoms with van der Waals surface area (Å²) in [6.45, 7) is 3.69. The Hall–Kier alpha value is -0.730. The average Bonchev–Trinajstić information content (AvgIpc) is 2.40. The van der Waals surface area contributed by atoms with Gasteiger partial charge in [0, 0.05) is 6.07 Å². The van der Waals surface area contributed by atoms with E-state index in [1.54, 1.807) is 0 Å². The lowest BCUT2D eigenvalue weighted by atomic mass is 10.3. The van der Waals surface area contributed by atoms with Gasteiger partial charge >= 0.3 is 0 Å². The molecule has 0 bridgehead atoms. The number of hydrogen-bond donors (Lipinski definition) is 2. The Balaban J connectivity index is 2.51. The van der Waals surface area contributed by atoms with Crippen LogP contribution in [0.4, 0.5) is 14.5 Å². The summed E-state index contributed by atoms with van der Waals surface area (Å²) >= 11 is 2.83. The summed E-state index contributed by atoms with van der Waals surface area (Å²) in [6, 6.07) is 1.71. The highest BCUT2D eigenvalue weighted by molar-refractivity contribution is 9.10. The molecule has 0 aromatic heterocycles. The zero-order valence-electron chi connectivity index (χ0n) is 11.8. The van der Waals surface area contributed by atoms with E-state index in [0.29, 0.717) is 12.8 Å². The largest absolute Gasteiger partial charge is 0.317 e. The van der Waals surface area contributed by atoms with Crippen LogP contribution in [0.15, 0.2) is 16.6 Å². The molecule has 0 heterocycles. The van der Waals surface area contributed by atoms with Gasteiger partial charge in [-0.05, 0) is 54.3 Å². The van der Waals surface area contributed by atoms with Crippen LogP contribution in [0.3, 0.4) is 0 Å². The molecule has 1 aromatic rings. The number of hydrogen-bond acceptors (Lipinski definition) is 3. The molecule has 0 saturated carbocycles. The van der Waals surface area contributed by atoms with Crippen molar-refractivity contribution < 1.29 is 17.2 Å². The first kappa shape index (κ1) is 18.3. The van der Waals surface area contributed by atoms with Crippen molar-refractivity contribution in [2.75, 3.05) is 23.6 Å². The third-order valence-corrected chi connectivity index (χ3v) is 4.68. The average molecular weight is 385 g/mol. The summed E-state index contributed by atoms with van der Waals surface area (Å²) < 4.78 is 52.5. The molecular formula is C13H19BrF2N2O2S. The smallest absolute Gasteiger partial charge is 0.232 e. The normalized spacial score (nSPS) is 11.6. The van der Waals surface area contributed by atoms with Crippen molar-refractivity contribution in [1.29, 1.82) is 0 Å². The first-order chi connectivity index (χ1) is 9.85. The lowest BCUT2D eigenvalue weighted by Gasteiger charge is -2.10. The molecule has 0 radical (unpaired) electrons. The van der Waals surface area contributed by atoms with Crippen molar-refractivity contribution in [2.24, 2.45) is 0 Å². The van der Waals surface area contributed by atoms with Gasteiger partial charge in [0.2, 0.25) is 10.0 Å². The summed E-state index contributed by atoms with van der Waals surface area (Å²) in [7, 11) is -3.68. The van der Waals surface area contributed by atoms with Gasteiger partial charge in [0.25, 0.3) is 0 Å². The molecule has 0 aliphatic rings. The van der Waals surface area contributed by atoms with Crippen molar-refractivity contribution in [3.05, 3.63) is 28.2 Å². The number of nitrogens with one attached hydrogen (secondary N) is 2. The minimum atomic E-state index is -3.68. The monoisotopic (exact) mass is 384 g/mol. The van der Waals surface area contributed by atoms with Gasteiger partial charge < -0.3 is 5.32 Å². The summed E-state index contributed by atoms with van der Waals surface area (Å²) in [6.07, 6.45) is 2.18. The first-order valence-electron chi connectivity index (χ1n) is 6.71. The molecule has 0 fully saturated rings.